The van der Waals surface area contributed by atoms with Crippen LogP contribution in [-0.2, 0) is 4.79 Å². The van der Waals surface area contributed by atoms with Gasteiger partial charge in [-0.25, -0.2) is 9.82 Å². The van der Waals surface area contributed by atoms with Gasteiger partial charge in [-0.15, -0.1) is 0 Å². The summed E-state index contributed by atoms with van der Waals surface area (Å²) in [5.74, 6) is -1.77. The maximum Gasteiger partial charge on any atom is 0.287 e. The van der Waals surface area contributed by atoms with Crippen LogP contribution in [0, 0.1) is 5.82 Å². The minimum absolute atomic E-state index is 0.0306. The van der Waals surface area contributed by atoms with Crippen LogP contribution >= 0.6 is 0 Å². The SMILES string of the molecule is CN(C)c1ccc(/C=C(/NC(=O)c2cccc(F)c2)C(=O)NN=Cc2cccc3ccccc23)cc1. The number of halogens is 1. The molecule has 0 heterocycles. The Morgan fingerprint density at radius 2 is 1.61 bits per heavy atom. The van der Waals surface area contributed by atoms with Gasteiger partial charge in [0, 0.05) is 30.9 Å². The van der Waals surface area contributed by atoms with Gasteiger partial charge in [0.1, 0.15) is 11.5 Å². The molecule has 180 valence electrons. The maximum atomic E-state index is 13.6. The average molecular weight is 481 g/mol. The van der Waals surface area contributed by atoms with Crippen LogP contribution in [0.4, 0.5) is 10.1 Å². The predicted molar refractivity (Wildman–Crippen MR) is 142 cm³/mol. The van der Waals surface area contributed by atoms with E-state index in [2.05, 4.69) is 15.8 Å². The molecule has 0 aliphatic carbocycles. The summed E-state index contributed by atoms with van der Waals surface area (Å²) in [6.07, 6.45) is 3.09. The quantitative estimate of drug-likeness (QED) is 0.223. The van der Waals surface area contributed by atoms with Gasteiger partial charge in [-0.3, -0.25) is 9.59 Å². The van der Waals surface area contributed by atoms with Gasteiger partial charge in [-0.05, 0) is 52.7 Å². The zero-order valence-electron chi connectivity index (χ0n) is 19.9. The Hall–Kier alpha value is -4.78. The molecular formula is C29H25FN4O2. The lowest BCUT2D eigenvalue weighted by molar-refractivity contribution is -0.117. The zero-order valence-corrected chi connectivity index (χ0v) is 19.9. The third-order valence-corrected chi connectivity index (χ3v) is 5.49. The lowest BCUT2D eigenvalue weighted by atomic mass is 10.1. The van der Waals surface area contributed by atoms with Crippen molar-refractivity contribution < 1.29 is 14.0 Å². The molecule has 36 heavy (non-hydrogen) atoms. The van der Waals surface area contributed by atoms with E-state index in [4.69, 9.17) is 0 Å². The summed E-state index contributed by atoms with van der Waals surface area (Å²) < 4.78 is 13.6. The first-order valence-corrected chi connectivity index (χ1v) is 11.3. The smallest absolute Gasteiger partial charge is 0.287 e. The molecule has 0 fully saturated rings. The number of carbonyl (C=O) groups excluding carboxylic acids is 2. The molecule has 0 aliphatic heterocycles. The van der Waals surface area contributed by atoms with Gasteiger partial charge in [-0.1, -0.05) is 60.7 Å². The molecule has 4 aromatic rings. The molecule has 0 saturated carbocycles. The molecule has 0 spiro atoms. The summed E-state index contributed by atoms with van der Waals surface area (Å²) >= 11 is 0. The molecule has 0 saturated heterocycles. The second-order valence-corrected chi connectivity index (χ2v) is 8.28. The van der Waals surface area contributed by atoms with E-state index in [1.54, 1.807) is 12.3 Å². The molecular weight excluding hydrogens is 455 g/mol. The van der Waals surface area contributed by atoms with E-state index in [-0.39, 0.29) is 11.3 Å². The van der Waals surface area contributed by atoms with Crippen molar-refractivity contribution in [2.45, 2.75) is 0 Å². The van der Waals surface area contributed by atoms with Crippen molar-refractivity contribution in [3.8, 4) is 0 Å². The highest BCUT2D eigenvalue weighted by Crippen LogP contribution is 2.17. The molecule has 0 atom stereocenters. The lowest BCUT2D eigenvalue weighted by Crippen LogP contribution is -2.32. The number of nitrogens with zero attached hydrogens (tertiary/aromatic N) is 2. The predicted octanol–water partition coefficient (Wildman–Crippen LogP) is 4.97. The van der Waals surface area contributed by atoms with Gasteiger partial charge in [0.25, 0.3) is 11.8 Å². The first-order valence-electron chi connectivity index (χ1n) is 11.3. The van der Waals surface area contributed by atoms with E-state index < -0.39 is 17.6 Å². The van der Waals surface area contributed by atoms with Crippen molar-refractivity contribution in [1.82, 2.24) is 10.7 Å². The second kappa shape index (κ2) is 11.1. The number of fused-ring (bicyclic) bond motifs is 1. The van der Waals surface area contributed by atoms with Crippen LogP contribution in [0.3, 0.4) is 0 Å². The van der Waals surface area contributed by atoms with Gasteiger partial charge >= 0.3 is 0 Å². The highest BCUT2D eigenvalue weighted by atomic mass is 19.1. The number of carbonyl (C=O) groups is 2. The molecule has 0 aromatic heterocycles. The van der Waals surface area contributed by atoms with Crippen molar-refractivity contribution in [2.24, 2.45) is 5.10 Å². The molecule has 2 amide bonds. The summed E-state index contributed by atoms with van der Waals surface area (Å²) in [5, 5.41) is 8.73. The highest BCUT2D eigenvalue weighted by Gasteiger charge is 2.15. The fourth-order valence-electron chi connectivity index (χ4n) is 3.60. The van der Waals surface area contributed by atoms with Crippen LogP contribution in [0.1, 0.15) is 21.5 Å². The van der Waals surface area contributed by atoms with Crippen molar-refractivity contribution in [3.05, 3.63) is 119 Å². The topological polar surface area (TPSA) is 73.8 Å². The Morgan fingerprint density at radius 1 is 0.889 bits per heavy atom. The summed E-state index contributed by atoms with van der Waals surface area (Å²) in [7, 11) is 3.85. The number of amides is 2. The first-order chi connectivity index (χ1) is 17.4. The van der Waals surface area contributed by atoms with Crippen LogP contribution in [0.5, 0.6) is 0 Å². The van der Waals surface area contributed by atoms with Gasteiger partial charge in [0.2, 0.25) is 0 Å². The summed E-state index contributed by atoms with van der Waals surface area (Å²) in [4.78, 5) is 27.7. The number of nitrogens with one attached hydrogen (secondary N) is 2. The number of anilines is 1. The van der Waals surface area contributed by atoms with E-state index >= 15 is 0 Å². The van der Waals surface area contributed by atoms with Gasteiger partial charge < -0.3 is 10.2 Å². The van der Waals surface area contributed by atoms with Crippen LogP contribution in [-0.4, -0.2) is 32.1 Å². The Balaban J connectivity index is 1.58. The molecule has 2 N–H and O–H groups in total. The number of hydrazone groups is 1. The fraction of sp³-hybridized carbons (Fsp3) is 0.0690. The molecule has 0 aliphatic rings. The highest BCUT2D eigenvalue weighted by molar-refractivity contribution is 6.06. The van der Waals surface area contributed by atoms with E-state index in [1.165, 1.54) is 18.2 Å². The van der Waals surface area contributed by atoms with E-state index in [1.807, 2.05) is 85.7 Å². The van der Waals surface area contributed by atoms with E-state index in [9.17, 15) is 14.0 Å². The summed E-state index contributed by atoms with van der Waals surface area (Å²) in [5.41, 5.74) is 5.06. The summed E-state index contributed by atoms with van der Waals surface area (Å²) in [6, 6.07) is 26.4. The maximum absolute atomic E-state index is 13.6. The van der Waals surface area contributed by atoms with Gasteiger partial charge in [0.15, 0.2) is 0 Å². The fourth-order valence-corrected chi connectivity index (χ4v) is 3.60. The van der Waals surface area contributed by atoms with Crippen molar-refractivity contribution in [1.29, 1.82) is 0 Å². The van der Waals surface area contributed by atoms with Crippen LogP contribution in [0.2, 0.25) is 0 Å². The van der Waals surface area contributed by atoms with Gasteiger partial charge in [0.05, 0.1) is 6.21 Å². The first kappa shape index (κ1) is 24.3. The normalized spacial score (nSPS) is 11.5. The number of hydrogen-bond donors (Lipinski definition) is 2. The van der Waals surface area contributed by atoms with Crippen molar-refractivity contribution >= 4 is 40.6 Å². The Labute approximate surface area is 208 Å². The standard InChI is InChI=1S/C29H25FN4O2/c1-34(2)25-15-13-20(14-16-25)17-27(32-28(35)22-9-6-11-24(30)18-22)29(36)33-31-19-23-10-5-8-21-7-3-4-12-26(21)23/h3-19H,1-2H3,(H,32,35)(H,33,36)/b27-17+,31-19?. The minimum atomic E-state index is -0.618. The van der Waals surface area contributed by atoms with Crippen LogP contribution < -0.4 is 15.6 Å². The third-order valence-electron chi connectivity index (χ3n) is 5.49. The summed E-state index contributed by atoms with van der Waals surface area (Å²) in [6.45, 7) is 0. The van der Waals surface area contributed by atoms with Crippen LogP contribution in [0.25, 0.3) is 16.8 Å². The Bertz CT molecular complexity index is 1450. The second-order valence-electron chi connectivity index (χ2n) is 8.28. The Kier molecular flexibility index (Phi) is 7.51. The zero-order chi connectivity index (χ0) is 25.5. The minimum Gasteiger partial charge on any atom is -0.378 e. The lowest BCUT2D eigenvalue weighted by Gasteiger charge is -2.13. The molecule has 0 unspecified atom stereocenters. The monoisotopic (exact) mass is 480 g/mol. The van der Waals surface area contributed by atoms with Crippen LogP contribution in [0.15, 0.2) is 102 Å². The largest absolute Gasteiger partial charge is 0.378 e. The number of benzene rings is 4. The molecule has 7 heteroatoms. The van der Waals surface area contributed by atoms with Gasteiger partial charge in [-0.2, -0.15) is 5.10 Å². The van der Waals surface area contributed by atoms with Crippen molar-refractivity contribution in [2.75, 3.05) is 19.0 Å². The van der Waals surface area contributed by atoms with E-state index in [0.717, 1.165) is 28.1 Å². The number of rotatable bonds is 7. The molecule has 0 bridgehead atoms. The van der Waals surface area contributed by atoms with Crippen molar-refractivity contribution in [3.63, 3.8) is 0 Å². The number of hydrogen-bond acceptors (Lipinski definition) is 4. The third kappa shape index (κ3) is 6.01. The molecule has 6 nitrogen and oxygen atoms in total. The average Bonchev–Trinajstić information content (AvgIpc) is 2.88. The molecule has 0 radical (unpaired) electrons. The molecule has 4 aromatic carbocycles. The van der Waals surface area contributed by atoms with E-state index in [0.29, 0.717) is 5.56 Å². The Morgan fingerprint density at radius 3 is 2.36 bits per heavy atom. The molecule has 4 rings (SSSR count).